The van der Waals surface area contributed by atoms with E-state index in [-0.39, 0.29) is 11.3 Å². The van der Waals surface area contributed by atoms with Crippen LogP contribution in [0.4, 0.5) is 8.78 Å². The van der Waals surface area contributed by atoms with Crippen molar-refractivity contribution >= 4 is 22.8 Å². The van der Waals surface area contributed by atoms with Gasteiger partial charge in [-0.05, 0) is 55.8 Å². The topological polar surface area (TPSA) is 79.5 Å². The SMILES string of the molecule is Cc1c([C@H](C)C(=O)O)c2cc(O)ccc2n1C(=O)c1ccc(F)c(F)c1. The first-order valence-corrected chi connectivity index (χ1v) is 7.79. The Morgan fingerprint density at radius 2 is 1.77 bits per heavy atom. The summed E-state index contributed by atoms with van der Waals surface area (Å²) in [6.45, 7) is 3.05. The van der Waals surface area contributed by atoms with Crippen molar-refractivity contribution in [3.63, 3.8) is 0 Å². The number of benzene rings is 2. The fraction of sp³-hybridized carbons (Fsp3) is 0.158. The third kappa shape index (κ3) is 2.71. The maximum atomic E-state index is 13.5. The summed E-state index contributed by atoms with van der Waals surface area (Å²) in [6, 6.07) is 7.04. The molecule has 0 saturated heterocycles. The summed E-state index contributed by atoms with van der Waals surface area (Å²) in [4.78, 5) is 24.4. The van der Waals surface area contributed by atoms with Crippen LogP contribution in [0, 0.1) is 18.6 Å². The number of carboxylic acid groups (broad SMARTS) is 1. The predicted octanol–water partition coefficient (Wildman–Crippen LogP) is 3.81. The van der Waals surface area contributed by atoms with Gasteiger partial charge in [-0.25, -0.2) is 8.78 Å². The van der Waals surface area contributed by atoms with Crippen LogP contribution in [0.3, 0.4) is 0 Å². The average Bonchev–Trinajstić information content (AvgIpc) is 2.87. The number of aromatic hydroxyl groups is 1. The fourth-order valence-electron chi connectivity index (χ4n) is 3.12. The Bertz CT molecular complexity index is 1060. The molecular weight excluding hydrogens is 344 g/mol. The van der Waals surface area contributed by atoms with Crippen molar-refractivity contribution in [1.29, 1.82) is 0 Å². The number of carbonyl (C=O) groups is 2. The number of aromatic nitrogens is 1. The third-order valence-corrected chi connectivity index (χ3v) is 4.41. The van der Waals surface area contributed by atoms with E-state index in [1.54, 1.807) is 6.92 Å². The largest absolute Gasteiger partial charge is 0.508 e. The van der Waals surface area contributed by atoms with Crippen molar-refractivity contribution in [2.24, 2.45) is 0 Å². The first-order valence-electron chi connectivity index (χ1n) is 7.79. The zero-order valence-corrected chi connectivity index (χ0v) is 14.0. The van der Waals surface area contributed by atoms with E-state index in [4.69, 9.17) is 0 Å². The lowest BCUT2D eigenvalue weighted by atomic mass is 9.98. The number of hydrogen-bond acceptors (Lipinski definition) is 3. The van der Waals surface area contributed by atoms with E-state index in [0.717, 1.165) is 18.2 Å². The van der Waals surface area contributed by atoms with Gasteiger partial charge in [-0.3, -0.25) is 14.2 Å². The molecule has 0 fully saturated rings. The second kappa shape index (κ2) is 6.25. The van der Waals surface area contributed by atoms with E-state index in [9.17, 15) is 28.6 Å². The van der Waals surface area contributed by atoms with Crippen LogP contribution >= 0.6 is 0 Å². The van der Waals surface area contributed by atoms with Crippen molar-refractivity contribution < 1.29 is 28.6 Å². The minimum Gasteiger partial charge on any atom is -0.508 e. The lowest BCUT2D eigenvalue weighted by molar-refractivity contribution is -0.138. The Morgan fingerprint density at radius 3 is 2.38 bits per heavy atom. The number of carbonyl (C=O) groups excluding carboxylic acids is 1. The van der Waals surface area contributed by atoms with Crippen LogP contribution in [0.15, 0.2) is 36.4 Å². The average molecular weight is 359 g/mol. The molecule has 5 nitrogen and oxygen atoms in total. The second-order valence-electron chi connectivity index (χ2n) is 6.03. The smallest absolute Gasteiger partial charge is 0.310 e. The lowest BCUT2D eigenvalue weighted by Gasteiger charge is -2.09. The molecule has 2 aromatic carbocycles. The molecule has 0 aliphatic carbocycles. The molecule has 0 spiro atoms. The maximum absolute atomic E-state index is 13.5. The number of hydrogen-bond donors (Lipinski definition) is 2. The Morgan fingerprint density at radius 1 is 1.08 bits per heavy atom. The number of halogens is 2. The van der Waals surface area contributed by atoms with Crippen LogP contribution in [0.2, 0.25) is 0 Å². The van der Waals surface area contributed by atoms with Gasteiger partial charge in [0, 0.05) is 16.6 Å². The molecular formula is C19H15F2NO4. The summed E-state index contributed by atoms with van der Waals surface area (Å²) in [5.74, 6) is -4.94. The first-order chi connectivity index (χ1) is 12.2. The summed E-state index contributed by atoms with van der Waals surface area (Å²) in [5.41, 5.74) is 1.03. The molecule has 3 aromatic rings. The Labute approximate surface area is 147 Å². The van der Waals surface area contributed by atoms with Crippen molar-refractivity contribution in [1.82, 2.24) is 4.57 Å². The fourth-order valence-corrected chi connectivity index (χ4v) is 3.12. The summed E-state index contributed by atoms with van der Waals surface area (Å²) in [5, 5.41) is 19.5. The van der Waals surface area contributed by atoms with Crippen LogP contribution in [0.5, 0.6) is 5.75 Å². The first kappa shape index (κ1) is 17.6. The summed E-state index contributed by atoms with van der Waals surface area (Å²) < 4.78 is 27.9. The van der Waals surface area contributed by atoms with Crippen molar-refractivity contribution in [3.05, 3.63) is 64.9 Å². The molecule has 0 aliphatic rings. The molecule has 2 N–H and O–H groups in total. The molecule has 0 saturated carbocycles. The number of aliphatic carboxylic acids is 1. The van der Waals surface area contributed by atoms with Crippen LogP contribution in [0.25, 0.3) is 10.9 Å². The van der Waals surface area contributed by atoms with E-state index in [1.165, 1.54) is 29.7 Å². The predicted molar refractivity (Wildman–Crippen MR) is 90.5 cm³/mol. The standard InChI is InChI=1S/C19H15F2NO4/c1-9(19(25)26)17-10(2)22(16-6-4-12(23)8-13(16)17)18(24)11-3-5-14(20)15(21)7-11/h3-9,23H,1-2H3,(H,25,26)/t9-/m0/s1. The van der Waals surface area contributed by atoms with Gasteiger partial charge in [0.2, 0.25) is 0 Å². The van der Waals surface area contributed by atoms with Crippen LogP contribution in [0.1, 0.15) is 34.5 Å². The maximum Gasteiger partial charge on any atom is 0.310 e. The van der Waals surface area contributed by atoms with Gasteiger partial charge in [0.05, 0.1) is 11.4 Å². The van der Waals surface area contributed by atoms with E-state index in [2.05, 4.69) is 0 Å². The number of fused-ring (bicyclic) bond motifs is 1. The molecule has 134 valence electrons. The number of phenols is 1. The van der Waals surface area contributed by atoms with Gasteiger partial charge in [-0.2, -0.15) is 0 Å². The molecule has 0 bridgehead atoms. The monoisotopic (exact) mass is 359 g/mol. The highest BCUT2D eigenvalue weighted by Gasteiger charge is 2.26. The number of carboxylic acids is 1. The molecule has 0 aliphatic heterocycles. The number of phenolic OH excluding ortho intramolecular Hbond substituents is 1. The summed E-state index contributed by atoms with van der Waals surface area (Å²) >= 11 is 0. The Hall–Kier alpha value is -3.22. The van der Waals surface area contributed by atoms with Crippen LogP contribution in [-0.4, -0.2) is 26.7 Å². The molecule has 1 heterocycles. The van der Waals surface area contributed by atoms with Gasteiger partial charge < -0.3 is 10.2 Å². The van der Waals surface area contributed by atoms with E-state index in [0.29, 0.717) is 22.2 Å². The van der Waals surface area contributed by atoms with Gasteiger partial charge in [0.1, 0.15) is 5.75 Å². The highest BCUT2D eigenvalue weighted by atomic mass is 19.2. The van der Waals surface area contributed by atoms with Crippen molar-refractivity contribution in [2.45, 2.75) is 19.8 Å². The molecule has 7 heteroatoms. The minimum atomic E-state index is -1.15. The number of rotatable bonds is 3. The summed E-state index contributed by atoms with van der Waals surface area (Å²) in [6.07, 6.45) is 0. The van der Waals surface area contributed by atoms with E-state index < -0.39 is 29.4 Å². The van der Waals surface area contributed by atoms with E-state index in [1.807, 2.05) is 0 Å². The minimum absolute atomic E-state index is 0.0752. The van der Waals surface area contributed by atoms with Gasteiger partial charge >= 0.3 is 5.97 Å². The highest BCUT2D eigenvalue weighted by Crippen LogP contribution is 2.34. The molecule has 1 atom stereocenters. The van der Waals surface area contributed by atoms with Gasteiger partial charge in [0.25, 0.3) is 5.91 Å². The third-order valence-electron chi connectivity index (χ3n) is 4.41. The van der Waals surface area contributed by atoms with E-state index >= 15 is 0 Å². The second-order valence-corrected chi connectivity index (χ2v) is 6.03. The van der Waals surface area contributed by atoms with Gasteiger partial charge in [0.15, 0.2) is 11.6 Å². The highest BCUT2D eigenvalue weighted by molar-refractivity contribution is 6.05. The molecule has 26 heavy (non-hydrogen) atoms. The van der Waals surface area contributed by atoms with Crippen LogP contribution in [-0.2, 0) is 4.79 Å². The summed E-state index contributed by atoms with van der Waals surface area (Å²) in [7, 11) is 0. The van der Waals surface area contributed by atoms with Crippen molar-refractivity contribution in [3.8, 4) is 5.75 Å². The number of nitrogens with zero attached hydrogens (tertiary/aromatic N) is 1. The molecule has 3 rings (SSSR count). The zero-order valence-electron chi connectivity index (χ0n) is 14.0. The van der Waals surface area contributed by atoms with Crippen molar-refractivity contribution in [2.75, 3.05) is 0 Å². The lowest BCUT2D eigenvalue weighted by Crippen LogP contribution is -2.15. The quantitative estimate of drug-likeness (QED) is 0.745. The zero-order chi connectivity index (χ0) is 19.2. The molecule has 0 amide bonds. The Balaban J connectivity index is 2.29. The Kier molecular flexibility index (Phi) is 4.23. The molecule has 0 unspecified atom stereocenters. The van der Waals surface area contributed by atoms with Crippen LogP contribution < -0.4 is 0 Å². The normalized spacial score (nSPS) is 12.3. The molecule has 0 radical (unpaired) electrons. The van der Waals surface area contributed by atoms with Gasteiger partial charge in [-0.15, -0.1) is 0 Å². The van der Waals surface area contributed by atoms with Gasteiger partial charge in [-0.1, -0.05) is 0 Å². The molecule has 1 aromatic heterocycles.